The lowest BCUT2D eigenvalue weighted by Crippen LogP contribution is -2.52. The van der Waals surface area contributed by atoms with E-state index in [9.17, 15) is 23.2 Å². The highest BCUT2D eigenvalue weighted by molar-refractivity contribution is 7.15. The van der Waals surface area contributed by atoms with E-state index in [-0.39, 0.29) is 41.7 Å². The van der Waals surface area contributed by atoms with E-state index in [0.29, 0.717) is 48.0 Å². The normalized spacial score (nSPS) is 28.1. The summed E-state index contributed by atoms with van der Waals surface area (Å²) in [5.74, 6) is -4.71. The predicted molar refractivity (Wildman–Crippen MR) is 162 cm³/mol. The van der Waals surface area contributed by atoms with Crippen LogP contribution in [0.15, 0.2) is 18.5 Å². The number of amides is 3. The third-order valence-electron chi connectivity index (χ3n) is 8.72. The Morgan fingerprint density at radius 3 is 2.84 bits per heavy atom. The molecular weight excluding hydrogens is 592 g/mol. The summed E-state index contributed by atoms with van der Waals surface area (Å²) < 4.78 is 74.3. The molecule has 2 N–H and O–H groups in total. The number of aryl methyl sites for hydroxylation is 1. The van der Waals surface area contributed by atoms with E-state index in [1.807, 2.05) is 6.92 Å². The number of alkyl halides is 2. The van der Waals surface area contributed by atoms with Gasteiger partial charge in [0.25, 0.3) is 11.8 Å². The van der Waals surface area contributed by atoms with Crippen molar-refractivity contribution < 1.29 is 34.8 Å². The van der Waals surface area contributed by atoms with E-state index in [1.165, 1.54) is 17.2 Å². The fraction of sp³-hybridized carbons (Fsp3) is 0.700. The van der Waals surface area contributed by atoms with E-state index in [0.717, 1.165) is 30.4 Å². The van der Waals surface area contributed by atoms with Crippen LogP contribution >= 0.6 is 11.3 Å². The largest absolute Gasteiger partial charge is 0.376 e. The maximum absolute atomic E-state index is 14.6. The zero-order chi connectivity index (χ0) is 35.7. The number of aromatic nitrogens is 3. The Labute approximate surface area is 267 Å². The van der Waals surface area contributed by atoms with Crippen LogP contribution in [-0.4, -0.2) is 93.1 Å². The van der Waals surface area contributed by atoms with Crippen LogP contribution in [0.3, 0.4) is 0 Å². The number of nitrogens with one attached hydrogen (secondary N) is 2. The van der Waals surface area contributed by atoms with Crippen LogP contribution in [0.2, 0.25) is 0 Å². The molecule has 0 aromatic carbocycles. The summed E-state index contributed by atoms with van der Waals surface area (Å²) in [6, 6.07) is -0.636. The lowest BCUT2D eigenvalue weighted by molar-refractivity contribution is -0.152. The zero-order valence-electron chi connectivity index (χ0n) is 29.9. The molecule has 3 fully saturated rings. The van der Waals surface area contributed by atoms with Crippen molar-refractivity contribution in [3.63, 3.8) is 0 Å². The Kier molecular flexibility index (Phi) is 8.35. The quantitative estimate of drug-likeness (QED) is 0.404. The van der Waals surface area contributed by atoms with Crippen LogP contribution in [0.1, 0.15) is 87.5 Å². The van der Waals surface area contributed by atoms with E-state index in [4.69, 9.17) is 11.6 Å². The van der Waals surface area contributed by atoms with Gasteiger partial charge in [-0.2, -0.15) is 5.10 Å². The van der Waals surface area contributed by atoms with Crippen molar-refractivity contribution in [1.29, 1.82) is 0 Å². The van der Waals surface area contributed by atoms with Gasteiger partial charge in [-0.3, -0.25) is 24.0 Å². The number of rotatable bonds is 10. The highest BCUT2D eigenvalue weighted by atomic mass is 32.1. The number of hydrogen-bond donors (Lipinski definition) is 2. The summed E-state index contributed by atoms with van der Waals surface area (Å²) in [7, 11) is 0. The summed E-state index contributed by atoms with van der Waals surface area (Å²) >= 11 is 1.07. The Morgan fingerprint density at radius 2 is 2.09 bits per heavy atom. The molecule has 2 saturated heterocycles. The smallest absolute Gasteiger partial charge is 0.270 e. The second kappa shape index (κ2) is 14.0. The predicted octanol–water partition coefficient (Wildman–Crippen LogP) is 3.94. The molecule has 14 heteroatoms. The van der Waals surface area contributed by atoms with Crippen molar-refractivity contribution in [3.05, 3.63) is 29.0 Å². The molecule has 1 aliphatic carbocycles. The van der Waals surface area contributed by atoms with Crippen molar-refractivity contribution in [1.82, 2.24) is 29.9 Å². The minimum Gasteiger partial charge on any atom is -0.376 e. The van der Waals surface area contributed by atoms with Gasteiger partial charge in [-0.1, -0.05) is 31.1 Å². The maximum atomic E-state index is 14.6. The second-order valence-electron chi connectivity index (χ2n) is 12.1. The SMILES string of the molecule is [2H]C([2H])([2H])C([2H])([2H])n1nccc1C(=O)N[C@H](C(=O)Nc1ncc([C@@H](CN2CCO[C@H](C)C2)N2CC(F)(F)CCC2=O)s1)C1CCC(C)CC1. The Balaban J connectivity index is 1.38. The molecular formula is C30H43F2N7O4S. The average molecular weight is 641 g/mol. The molecule has 2 aromatic heterocycles. The van der Waals surface area contributed by atoms with Gasteiger partial charge in [0.15, 0.2) is 5.13 Å². The van der Waals surface area contributed by atoms with Crippen molar-refractivity contribution in [2.24, 2.45) is 11.8 Å². The number of piperidine rings is 1. The van der Waals surface area contributed by atoms with Gasteiger partial charge in [0.2, 0.25) is 11.8 Å². The number of nitrogens with zero attached hydrogens (tertiary/aromatic N) is 5. The van der Waals surface area contributed by atoms with E-state index < -0.39 is 56.1 Å². The van der Waals surface area contributed by atoms with Gasteiger partial charge in [0.05, 0.1) is 32.9 Å². The maximum Gasteiger partial charge on any atom is 0.270 e. The van der Waals surface area contributed by atoms with Crippen LogP contribution in [0.25, 0.3) is 0 Å². The van der Waals surface area contributed by atoms with E-state index in [2.05, 4.69) is 32.5 Å². The standard InChI is InChI=1S/C30H43F2N7O4S/c1-4-39-22(10-12-34-39)27(41)35-26(21-7-5-19(2)6-8-21)28(42)36-29-33-15-24(44-29)23(17-37-13-14-43-20(3)16-37)38-18-30(31,32)11-9-25(38)40/h10,12,15,19-21,23,26H,4-9,11,13-14,16-18H2,1-3H3,(H,35,41)(H,33,36,42)/t19?,20-,21?,23-,26+/m1/s1/i1D3,4D2. The molecule has 11 nitrogen and oxygen atoms in total. The molecule has 44 heavy (non-hydrogen) atoms. The topological polar surface area (TPSA) is 122 Å². The van der Waals surface area contributed by atoms with Gasteiger partial charge in [-0.15, -0.1) is 0 Å². The Hall–Kier alpha value is -2.97. The van der Waals surface area contributed by atoms with Crippen LogP contribution in [-0.2, 0) is 20.8 Å². The number of likely N-dealkylation sites (tertiary alicyclic amines) is 1. The van der Waals surface area contributed by atoms with Gasteiger partial charge in [0.1, 0.15) is 11.7 Å². The van der Waals surface area contributed by atoms with Crippen molar-refractivity contribution in [2.45, 2.75) is 89.8 Å². The number of ether oxygens (including phenoxy) is 1. The Morgan fingerprint density at radius 1 is 1.30 bits per heavy atom. The summed E-state index contributed by atoms with van der Waals surface area (Å²) in [4.78, 5) is 48.5. The summed E-state index contributed by atoms with van der Waals surface area (Å²) in [5.41, 5.74) is -0.358. The van der Waals surface area contributed by atoms with Crippen LogP contribution in [0.4, 0.5) is 13.9 Å². The first-order valence-electron chi connectivity index (χ1n) is 17.6. The number of carbonyl (C=O) groups excluding carboxylic acids is 3. The molecule has 3 amide bonds. The number of hydrogen-bond acceptors (Lipinski definition) is 8. The molecule has 3 atom stereocenters. The van der Waals surface area contributed by atoms with Gasteiger partial charge in [-0.25, -0.2) is 13.8 Å². The van der Waals surface area contributed by atoms with Gasteiger partial charge < -0.3 is 20.3 Å². The fourth-order valence-corrected chi connectivity index (χ4v) is 7.18. The monoisotopic (exact) mass is 640 g/mol. The van der Waals surface area contributed by atoms with Crippen LogP contribution in [0.5, 0.6) is 0 Å². The Bertz CT molecular complexity index is 1500. The molecule has 242 valence electrons. The first-order valence-corrected chi connectivity index (χ1v) is 15.9. The molecule has 1 saturated carbocycles. The van der Waals surface area contributed by atoms with Crippen molar-refractivity contribution in [2.75, 3.05) is 38.1 Å². The first kappa shape index (κ1) is 26.3. The average Bonchev–Trinajstić information content (AvgIpc) is 3.71. The lowest BCUT2D eigenvalue weighted by Gasteiger charge is -2.41. The number of anilines is 1. The highest BCUT2D eigenvalue weighted by Crippen LogP contribution is 2.37. The molecule has 5 rings (SSSR count). The highest BCUT2D eigenvalue weighted by Gasteiger charge is 2.43. The van der Waals surface area contributed by atoms with Gasteiger partial charge in [-0.05, 0) is 44.5 Å². The minimum atomic E-state index is -3.13. The molecule has 0 bridgehead atoms. The lowest BCUT2D eigenvalue weighted by atomic mass is 9.79. The first-order chi connectivity index (χ1) is 22.9. The van der Waals surface area contributed by atoms with E-state index in [1.54, 1.807) is 0 Å². The third-order valence-corrected chi connectivity index (χ3v) is 9.74. The van der Waals surface area contributed by atoms with Crippen LogP contribution in [0, 0.1) is 11.8 Å². The molecule has 0 radical (unpaired) electrons. The molecule has 3 aliphatic rings. The van der Waals surface area contributed by atoms with Crippen LogP contribution < -0.4 is 10.6 Å². The minimum absolute atomic E-state index is 0.0649. The number of morpholine rings is 1. The zero-order valence-corrected chi connectivity index (χ0v) is 25.7. The van der Waals surface area contributed by atoms with Gasteiger partial charge in [0, 0.05) is 55.5 Å². The molecule has 2 aromatic rings. The molecule has 4 heterocycles. The fourth-order valence-electron chi connectivity index (χ4n) is 6.25. The number of thiazole rings is 1. The second-order valence-corrected chi connectivity index (χ2v) is 13.2. The summed E-state index contributed by atoms with van der Waals surface area (Å²) in [6.07, 6.45) is 4.63. The number of halogens is 2. The van der Waals surface area contributed by atoms with Crippen molar-refractivity contribution >= 4 is 34.2 Å². The third kappa shape index (κ3) is 7.81. The molecule has 0 spiro atoms. The summed E-state index contributed by atoms with van der Waals surface area (Å²) in [6.45, 7) is -0.942. The molecule has 0 unspecified atom stereocenters. The number of carbonyl (C=O) groups is 3. The van der Waals surface area contributed by atoms with Gasteiger partial charge >= 0.3 is 0 Å². The summed E-state index contributed by atoms with van der Waals surface area (Å²) in [5, 5.41) is 9.39. The molecule has 2 aliphatic heterocycles. The van der Waals surface area contributed by atoms with Crippen molar-refractivity contribution in [3.8, 4) is 0 Å². The van der Waals surface area contributed by atoms with E-state index >= 15 is 0 Å².